The van der Waals surface area contributed by atoms with Crippen LogP contribution in [0, 0.1) is 11.3 Å². The highest BCUT2D eigenvalue weighted by Crippen LogP contribution is 2.28. The molecule has 2 aromatic carbocycles. The smallest absolute Gasteiger partial charge is 0.244 e. The molecule has 0 saturated heterocycles. The van der Waals surface area contributed by atoms with Crippen LogP contribution in [0.4, 0.5) is 0 Å². The van der Waals surface area contributed by atoms with Crippen molar-refractivity contribution in [1.29, 1.82) is 5.26 Å². The summed E-state index contributed by atoms with van der Waals surface area (Å²) in [5, 5.41) is 11.9. The average Bonchev–Trinajstić information content (AvgIpc) is 2.68. The maximum atomic E-state index is 11.9. The monoisotopic (exact) mass is 386 g/mol. The lowest BCUT2D eigenvalue weighted by molar-refractivity contribution is -0.116. The Morgan fingerprint density at radius 3 is 2.81 bits per heavy atom. The van der Waals surface area contributed by atoms with Crippen LogP contribution in [0.2, 0.25) is 5.02 Å². The molecule has 0 spiro atoms. The molecule has 1 N–H and O–H groups in total. The van der Waals surface area contributed by atoms with Gasteiger partial charge < -0.3 is 19.5 Å². The first-order valence-electron chi connectivity index (χ1n) is 8.14. The lowest BCUT2D eigenvalue weighted by atomic mass is 10.2. The molecule has 2 rings (SSSR count). The van der Waals surface area contributed by atoms with E-state index in [9.17, 15) is 4.79 Å². The Hall–Kier alpha value is -3.17. The van der Waals surface area contributed by atoms with Crippen LogP contribution in [0.25, 0.3) is 6.08 Å². The molecule has 0 saturated carbocycles. The zero-order chi connectivity index (χ0) is 19.5. The molecule has 0 radical (unpaired) electrons. The second-order valence-electron chi connectivity index (χ2n) is 5.29. The number of benzene rings is 2. The fraction of sp³-hybridized carbons (Fsp3) is 0.200. The van der Waals surface area contributed by atoms with Gasteiger partial charge in [0.25, 0.3) is 0 Å². The highest BCUT2D eigenvalue weighted by atomic mass is 35.5. The van der Waals surface area contributed by atoms with Crippen LogP contribution in [-0.2, 0) is 4.79 Å². The average molecular weight is 387 g/mol. The first kappa shape index (κ1) is 20.1. The molecule has 0 aliphatic heterocycles. The summed E-state index contributed by atoms with van der Waals surface area (Å²) in [7, 11) is 1.51. The number of rotatable bonds is 9. The number of carbonyl (C=O) groups excluding carboxylic acids is 1. The lowest BCUT2D eigenvalue weighted by Crippen LogP contribution is -2.26. The van der Waals surface area contributed by atoms with Gasteiger partial charge in [-0.3, -0.25) is 4.79 Å². The Labute approximate surface area is 162 Å². The molecule has 140 valence electrons. The standard InChI is InChI=1S/C20H19ClN2O4/c1-25-19-13-15(5-7-18(19)27-11-9-22)6-8-20(24)23-10-12-26-17-4-2-3-16(21)14-17/h2-8,13-14H,10-12H2,1H3,(H,23,24)/b8-6+. The minimum Gasteiger partial charge on any atom is -0.493 e. The molecule has 0 bridgehead atoms. The summed E-state index contributed by atoms with van der Waals surface area (Å²) in [5.41, 5.74) is 0.765. The number of nitriles is 1. The van der Waals surface area contributed by atoms with Crippen LogP contribution in [0.3, 0.4) is 0 Å². The van der Waals surface area contributed by atoms with Crippen LogP contribution in [-0.4, -0.2) is 32.8 Å². The highest BCUT2D eigenvalue weighted by Gasteiger charge is 2.05. The van der Waals surface area contributed by atoms with Crippen molar-refractivity contribution in [3.63, 3.8) is 0 Å². The third-order valence-electron chi connectivity index (χ3n) is 3.37. The van der Waals surface area contributed by atoms with Crippen molar-refractivity contribution in [3.8, 4) is 23.3 Å². The maximum absolute atomic E-state index is 11.9. The molecule has 0 aliphatic rings. The Morgan fingerprint density at radius 1 is 1.22 bits per heavy atom. The molecule has 0 atom stereocenters. The Bertz CT molecular complexity index is 846. The van der Waals surface area contributed by atoms with Crippen molar-refractivity contribution in [2.24, 2.45) is 0 Å². The number of carbonyl (C=O) groups is 1. The second kappa shape index (κ2) is 10.7. The zero-order valence-corrected chi connectivity index (χ0v) is 15.5. The highest BCUT2D eigenvalue weighted by molar-refractivity contribution is 6.30. The first-order valence-corrected chi connectivity index (χ1v) is 8.52. The third kappa shape index (κ3) is 6.92. The van der Waals surface area contributed by atoms with E-state index >= 15 is 0 Å². The van der Waals surface area contributed by atoms with Gasteiger partial charge in [-0.05, 0) is 42.0 Å². The normalized spacial score (nSPS) is 10.3. The van der Waals surface area contributed by atoms with Gasteiger partial charge in [0.2, 0.25) is 5.91 Å². The molecule has 0 fully saturated rings. The minimum atomic E-state index is -0.242. The van der Waals surface area contributed by atoms with Crippen LogP contribution < -0.4 is 19.5 Å². The SMILES string of the molecule is COc1cc(/C=C/C(=O)NCCOc2cccc(Cl)c2)ccc1OCC#N. The largest absolute Gasteiger partial charge is 0.493 e. The van der Waals surface area contributed by atoms with E-state index in [1.54, 1.807) is 48.5 Å². The van der Waals surface area contributed by atoms with Crippen molar-refractivity contribution in [1.82, 2.24) is 5.32 Å². The molecule has 1 amide bonds. The van der Waals surface area contributed by atoms with Gasteiger partial charge >= 0.3 is 0 Å². The van der Waals surface area contributed by atoms with Gasteiger partial charge in [-0.15, -0.1) is 0 Å². The van der Waals surface area contributed by atoms with Crippen molar-refractivity contribution >= 4 is 23.6 Å². The Balaban J connectivity index is 1.81. The summed E-state index contributed by atoms with van der Waals surface area (Å²) in [6, 6.07) is 14.1. The van der Waals surface area contributed by atoms with Crippen molar-refractivity contribution in [2.45, 2.75) is 0 Å². The van der Waals surface area contributed by atoms with Crippen LogP contribution in [0.1, 0.15) is 5.56 Å². The van der Waals surface area contributed by atoms with E-state index in [0.717, 1.165) is 5.56 Å². The lowest BCUT2D eigenvalue weighted by Gasteiger charge is -2.09. The van der Waals surface area contributed by atoms with Gasteiger partial charge in [-0.1, -0.05) is 23.7 Å². The minimum absolute atomic E-state index is 0.0643. The molecule has 7 heteroatoms. The van der Waals surface area contributed by atoms with E-state index in [1.165, 1.54) is 13.2 Å². The number of ether oxygens (including phenoxy) is 3. The van der Waals surface area contributed by atoms with E-state index in [-0.39, 0.29) is 12.5 Å². The number of hydrogen-bond donors (Lipinski definition) is 1. The maximum Gasteiger partial charge on any atom is 0.244 e. The van der Waals surface area contributed by atoms with Crippen molar-refractivity contribution < 1.29 is 19.0 Å². The van der Waals surface area contributed by atoms with Gasteiger partial charge in [0.05, 0.1) is 13.7 Å². The number of nitrogens with zero attached hydrogens (tertiary/aromatic N) is 1. The molecule has 0 aliphatic carbocycles. The molecule has 6 nitrogen and oxygen atoms in total. The van der Waals surface area contributed by atoms with Gasteiger partial charge in [0.1, 0.15) is 18.4 Å². The molecule has 27 heavy (non-hydrogen) atoms. The second-order valence-corrected chi connectivity index (χ2v) is 5.72. The Kier molecular flexibility index (Phi) is 8.01. The molecule has 2 aromatic rings. The van der Waals surface area contributed by atoms with Gasteiger partial charge in [0.15, 0.2) is 18.1 Å². The van der Waals surface area contributed by atoms with E-state index < -0.39 is 0 Å². The third-order valence-corrected chi connectivity index (χ3v) is 3.61. The van der Waals surface area contributed by atoms with Crippen LogP contribution >= 0.6 is 11.6 Å². The summed E-state index contributed by atoms with van der Waals surface area (Å²) < 4.78 is 16.0. The molecular weight excluding hydrogens is 368 g/mol. The fourth-order valence-corrected chi connectivity index (χ4v) is 2.33. The van der Waals surface area contributed by atoms with E-state index in [2.05, 4.69) is 5.32 Å². The van der Waals surface area contributed by atoms with Gasteiger partial charge in [-0.25, -0.2) is 0 Å². The number of halogens is 1. The number of methoxy groups -OCH3 is 1. The number of nitrogens with one attached hydrogen (secondary N) is 1. The summed E-state index contributed by atoms with van der Waals surface area (Å²) in [5.74, 6) is 1.37. The van der Waals surface area contributed by atoms with E-state index in [0.29, 0.717) is 35.4 Å². The van der Waals surface area contributed by atoms with E-state index in [1.807, 2.05) is 6.07 Å². The summed E-state index contributed by atoms with van der Waals surface area (Å²) >= 11 is 5.87. The van der Waals surface area contributed by atoms with Crippen LogP contribution in [0.15, 0.2) is 48.5 Å². The quantitative estimate of drug-likeness (QED) is 0.527. The Morgan fingerprint density at radius 2 is 2.07 bits per heavy atom. The van der Waals surface area contributed by atoms with E-state index in [4.69, 9.17) is 31.1 Å². The van der Waals surface area contributed by atoms with Crippen LogP contribution in [0.5, 0.6) is 17.2 Å². The summed E-state index contributed by atoms with van der Waals surface area (Å²) in [4.78, 5) is 11.9. The molecular formula is C20H19ClN2O4. The first-order chi connectivity index (χ1) is 13.1. The fourth-order valence-electron chi connectivity index (χ4n) is 2.15. The predicted molar refractivity (Wildman–Crippen MR) is 103 cm³/mol. The molecule has 0 unspecified atom stereocenters. The topological polar surface area (TPSA) is 80.6 Å². The summed E-state index contributed by atoms with van der Waals surface area (Å²) in [6.07, 6.45) is 3.08. The van der Waals surface area contributed by atoms with Gasteiger partial charge in [0, 0.05) is 11.1 Å². The molecule has 0 aromatic heterocycles. The summed E-state index contributed by atoms with van der Waals surface area (Å²) in [6.45, 7) is 0.629. The predicted octanol–water partition coefficient (Wildman–Crippen LogP) is 3.46. The van der Waals surface area contributed by atoms with Crippen molar-refractivity contribution in [2.75, 3.05) is 26.9 Å². The molecule has 0 heterocycles. The number of amides is 1. The van der Waals surface area contributed by atoms with Gasteiger partial charge in [-0.2, -0.15) is 5.26 Å². The number of hydrogen-bond acceptors (Lipinski definition) is 5. The van der Waals surface area contributed by atoms with Crippen molar-refractivity contribution in [3.05, 3.63) is 59.1 Å². The zero-order valence-electron chi connectivity index (χ0n) is 14.8.